The van der Waals surface area contributed by atoms with Crippen LogP contribution in [0.1, 0.15) is 37.6 Å². The molecule has 0 fully saturated rings. The third-order valence-electron chi connectivity index (χ3n) is 3.84. The number of amides is 1. The fourth-order valence-electron chi connectivity index (χ4n) is 2.42. The minimum atomic E-state index is -3.85. The van der Waals surface area contributed by atoms with E-state index in [-0.39, 0.29) is 10.8 Å². The van der Waals surface area contributed by atoms with Gasteiger partial charge in [0.05, 0.1) is 17.2 Å². The van der Waals surface area contributed by atoms with Crippen LogP contribution in [0, 0.1) is 5.92 Å². The van der Waals surface area contributed by atoms with Crippen LogP contribution >= 0.6 is 0 Å². The van der Waals surface area contributed by atoms with Gasteiger partial charge in [-0.05, 0) is 49.6 Å². The molecular weight excluding hydrogens is 364 g/mol. The van der Waals surface area contributed by atoms with Crippen molar-refractivity contribution >= 4 is 21.6 Å². The molecule has 0 aliphatic heterocycles. The third kappa shape index (κ3) is 5.99. The van der Waals surface area contributed by atoms with E-state index in [1.54, 1.807) is 36.4 Å². The van der Waals surface area contributed by atoms with Gasteiger partial charge in [0.2, 0.25) is 0 Å². The summed E-state index contributed by atoms with van der Waals surface area (Å²) >= 11 is 0. The van der Waals surface area contributed by atoms with Crippen molar-refractivity contribution in [3.63, 3.8) is 0 Å². The van der Waals surface area contributed by atoms with Crippen LogP contribution in [0.4, 0.5) is 5.69 Å². The highest BCUT2D eigenvalue weighted by Crippen LogP contribution is 2.26. The molecule has 2 aromatic rings. The summed E-state index contributed by atoms with van der Waals surface area (Å²) in [6.07, 6.45) is 0.861. The van der Waals surface area contributed by atoms with Gasteiger partial charge < -0.3 is 10.1 Å². The minimum Gasteiger partial charge on any atom is -0.492 e. The Hall–Kier alpha value is -2.54. The van der Waals surface area contributed by atoms with E-state index in [0.717, 1.165) is 6.42 Å². The molecule has 7 heteroatoms. The van der Waals surface area contributed by atoms with E-state index in [9.17, 15) is 13.2 Å². The second-order valence-corrected chi connectivity index (χ2v) is 8.18. The highest BCUT2D eigenvalue weighted by molar-refractivity contribution is 7.92. The number of nitrogens with one attached hydrogen (secondary N) is 2. The van der Waals surface area contributed by atoms with E-state index >= 15 is 0 Å². The van der Waals surface area contributed by atoms with Crippen LogP contribution in [0.15, 0.2) is 53.4 Å². The Kier molecular flexibility index (Phi) is 7.24. The van der Waals surface area contributed by atoms with Crippen molar-refractivity contribution in [3.8, 4) is 5.75 Å². The molecule has 0 atom stereocenters. The van der Waals surface area contributed by atoms with Crippen molar-refractivity contribution in [2.75, 3.05) is 17.9 Å². The smallest absolute Gasteiger partial charge is 0.262 e. The first-order chi connectivity index (χ1) is 12.8. The lowest BCUT2D eigenvalue weighted by Gasteiger charge is -2.13. The number of carbonyl (C=O) groups is 1. The van der Waals surface area contributed by atoms with Crippen molar-refractivity contribution in [1.82, 2.24) is 5.32 Å². The van der Waals surface area contributed by atoms with Crippen LogP contribution in [0.5, 0.6) is 5.75 Å². The van der Waals surface area contributed by atoms with Crippen molar-refractivity contribution < 1.29 is 17.9 Å². The zero-order valence-corrected chi connectivity index (χ0v) is 16.7. The molecule has 0 saturated heterocycles. The van der Waals surface area contributed by atoms with Crippen LogP contribution in [0.3, 0.4) is 0 Å². The summed E-state index contributed by atoms with van der Waals surface area (Å²) in [5.74, 6) is 0.639. The molecule has 6 nitrogen and oxygen atoms in total. The lowest BCUT2D eigenvalue weighted by atomic mass is 10.1. The standard InChI is InChI=1S/C20H26N2O4S/c1-4-26-19-11-6-5-10-18(19)22-27(24,25)17-9-7-8-16(14-17)20(23)21-13-12-15(2)3/h5-11,14-15,22H,4,12-13H2,1-3H3,(H,21,23). The molecule has 0 aliphatic carbocycles. The predicted molar refractivity (Wildman–Crippen MR) is 107 cm³/mol. The van der Waals surface area contributed by atoms with Gasteiger partial charge in [0.1, 0.15) is 5.75 Å². The van der Waals surface area contributed by atoms with Gasteiger partial charge in [-0.2, -0.15) is 0 Å². The molecule has 27 heavy (non-hydrogen) atoms. The molecule has 2 rings (SSSR count). The summed E-state index contributed by atoms with van der Waals surface area (Å²) in [5.41, 5.74) is 0.658. The van der Waals surface area contributed by atoms with E-state index in [2.05, 4.69) is 23.9 Å². The van der Waals surface area contributed by atoms with Crippen LogP contribution in [-0.2, 0) is 10.0 Å². The maximum atomic E-state index is 12.7. The summed E-state index contributed by atoms with van der Waals surface area (Å²) in [4.78, 5) is 12.3. The second-order valence-electron chi connectivity index (χ2n) is 6.50. The van der Waals surface area contributed by atoms with Crippen LogP contribution in [-0.4, -0.2) is 27.5 Å². The predicted octanol–water partition coefficient (Wildman–Crippen LogP) is 3.66. The molecule has 0 radical (unpaired) electrons. The van der Waals surface area contributed by atoms with Gasteiger partial charge in [-0.1, -0.05) is 32.0 Å². The highest BCUT2D eigenvalue weighted by Gasteiger charge is 2.18. The first kappa shape index (κ1) is 20.8. The maximum Gasteiger partial charge on any atom is 0.262 e. The summed E-state index contributed by atoms with van der Waals surface area (Å²) in [6, 6.07) is 12.8. The van der Waals surface area contributed by atoms with Gasteiger partial charge in [0.25, 0.3) is 15.9 Å². The summed E-state index contributed by atoms with van der Waals surface area (Å²) < 4.78 is 33.5. The molecule has 2 aromatic carbocycles. The molecule has 0 aromatic heterocycles. The normalized spacial score (nSPS) is 11.3. The van der Waals surface area contributed by atoms with Crippen LogP contribution in [0.2, 0.25) is 0 Å². The molecule has 0 spiro atoms. The lowest BCUT2D eigenvalue weighted by Crippen LogP contribution is -2.25. The van der Waals surface area contributed by atoms with Crippen molar-refractivity contribution in [1.29, 1.82) is 0 Å². The average molecular weight is 391 g/mol. The first-order valence-corrected chi connectivity index (χ1v) is 10.4. The number of sulfonamides is 1. The molecule has 0 saturated carbocycles. The lowest BCUT2D eigenvalue weighted by molar-refractivity contribution is 0.0952. The SMILES string of the molecule is CCOc1ccccc1NS(=O)(=O)c1cccc(C(=O)NCCC(C)C)c1. The molecule has 146 valence electrons. The summed E-state index contributed by atoms with van der Waals surface area (Å²) in [7, 11) is -3.85. The Morgan fingerprint density at radius 2 is 1.85 bits per heavy atom. The molecule has 0 bridgehead atoms. The maximum absolute atomic E-state index is 12.7. The number of benzene rings is 2. The topological polar surface area (TPSA) is 84.5 Å². The number of hydrogen-bond donors (Lipinski definition) is 2. The zero-order chi connectivity index (χ0) is 19.9. The Balaban J connectivity index is 2.18. The van der Waals surface area contributed by atoms with E-state index in [4.69, 9.17) is 4.74 Å². The number of hydrogen-bond acceptors (Lipinski definition) is 4. The number of anilines is 1. The van der Waals surface area contributed by atoms with E-state index in [1.165, 1.54) is 12.1 Å². The van der Waals surface area contributed by atoms with E-state index in [0.29, 0.717) is 36.1 Å². The fraction of sp³-hybridized carbons (Fsp3) is 0.350. The van der Waals surface area contributed by atoms with Gasteiger partial charge in [0.15, 0.2) is 0 Å². The van der Waals surface area contributed by atoms with Crippen molar-refractivity contribution in [2.45, 2.75) is 32.1 Å². The molecule has 1 amide bonds. The van der Waals surface area contributed by atoms with Crippen molar-refractivity contribution in [2.24, 2.45) is 5.92 Å². The average Bonchev–Trinajstić information content (AvgIpc) is 2.63. The van der Waals surface area contributed by atoms with Gasteiger partial charge in [-0.3, -0.25) is 9.52 Å². The molecule has 0 heterocycles. The van der Waals surface area contributed by atoms with Gasteiger partial charge in [0, 0.05) is 12.1 Å². The van der Waals surface area contributed by atoms with Gasteiger partial charge >= 0.3 is 0 Å². The molecule has 0 aliphatic rings. The highest BCUT2D eigenvalue weighted by atomic mass is 32.2. The number of para-hydroxylation sites is 2. The Morgan fingerprint density at radius 1 is 1.11 bits per heavy atom. The van der Waals surface area contributed by atoms with Gasteiger partial charge in [-0.25, -0.2) is 8.42 Å². The van der Waals surface area contributed by atoms with E-state index < -0.39 is 10.0 Å². The molecule has 2 N–H and O–H groups in total. The summed E-state index contributed by atoms with van der Waals surface area (Å²) in [5, 5.41) is 2.81. The van der Waals surface area contributed by atoms with Crippen molar-refractivity contribution in [3.05, 3.63) is 54.1 Å². The Labute approximate surface area is 161 Å². The van der Waals surface area contributed by atoms with Crippen LogP contribution < -0.4 is 14.8 Å². The van der Waals surface area contributed by atoms with E-state index in [1.807, 2.05) is 6.92 Å². The Morgan fingerprint density at radius 3 is 2.56 bits per heavy atom. The number of rotatable bonds is 9. The van der Waals surface area contributed by atoms with Crippen LogP contribution in [0.25, 0.3) is 0 Å². The Bertz CT molecular complexity index is 879. The quantitative estimate of drug-likeness (QED) is 0.684. The monoisotopic (exact) mass is 390 g/mol. The zero-order valence-electron chi connectivity index (χ0n) is 15.9. The largest absolute Gasteiger partial charge is 0.492 e. The molecule has 0 unspecified atom stereocenters. The fourth-order valence-corrected chi connectivity index (χ4v) is 3.53. The van der Waals surface area contributed by atoms with Gasteiger partial charge in [-0.15, -0.1) is 0 Å². The number of ether oxygens (including phenoxy) is 1. The third-order valence-corrected chi connectivity index (χ3v) is 5.21. The first-order valence-electron chi connectivity index (χ1n) is 8.96. The second kappa shape index (κ2) is 9.41. The molecular formula is C20H26N2O4S. The minimum absolute atomic E-state index is 0.0188. The number of carbonyl (C=O) groups excluding carboxylic acids is 1. The summed E-state index contributed by atoms with van der Waals surface area (Å²) in [6.45, 7) is 6.95.